The Balaban J connectivity index is 2.87. The van der Waals surface area contributed by atoms with Gasteiger partial charge < -0.3 is 10.1 Å². The van der Waals surface area contributed by atoms with Gasteiger partial charge >= 0.3 is 0 Å². The number of rotatable bonds is 3. The van der Waals surface area contributed by atoms with Crippen LogP contribution in [0.4, 0.5) is 5.69 Å². The first kappa shape index (κ1) is 11.6. The van der Waals surface area contributed by atoms with Crippen molar-refractivity contribution >= 4 is 23.2 Å². The van der Waals surface area contributed by atoms with Crippen LogP contribution in [0.2, 0.25) is 0 Å². The molecule has 1 N–H and O–H groups in total. The Morgan fingerprint density at radius 3 is 2.67 bits per heavy atom. The van der Waals surface area contributed by atoms with Gasteiger partial charge in [0, 0.05) is 5.69 Å². The predicted molar refractivity (Wildman–Crippen MR) is 61.4 cm³/mol. The van der Waals surface area contributed by atoms with E-state index in [4.69, 9.17) is 16.3 Å². The van der Waals surface area contributed by atoms with Gasteiger partial charge in [0.05, 0.1) is 12.1 Å². The first-order valence-electron chi connectivity index (χ1n) is 4.35. The van der Waals surface area contributed by atoms with Crippen LogP contribution in [0, 0.1) is 6.92 Å². The van der Waals surface area contributed by atoms with Gasteiger partial charge in [0.1, 0.15) is 5.75 Å². The van der Waals surface area contributed by atoms with Crippen LogP contribution >= 0.6 is 11.6 Å². The smallest absolute Gasteiger partial charge is 0.266 e. The minimum Gasteiger partial charge on any atom is -0.497 e. The van der Waals surface area contributed by atoms with Crippen molar-refractivity contribution in [2.24, 2.45) is 0 Å². The summed E-state index contributed by atoms with van der Waals surface area (Å²) < 4.78 is 5.05. The molecule has 1 aromatic rings. The molecule has 0 radical (unpaired) electrons. The Morgan fingerprint density at radius 2 is 2.20 bits per heavy atom. The molecule has 3 nitrogen and oxygen atoms in total. The molecular weight excluding hydrogens is 214 g/mol. The Kier molecular flexibility index (Phi) is 3.74. The van der Waals surface area contributed by atoms with Crippen molar-refractivity contribution in [3.8, 4) is 5.75 Å². The van der Waals surface area contributed by atoms with E-state index < -0.39 is 5.91 Å². The third-order valence-corrected chi connectivity index (χ3v) is 2.10. The summed E-state index contributed by atoms with van der Waals surface area (Å²) in [7, 11) is 1.59. The fourth-order valence-corrected chi connectivity index (χ4v) is 1.14. The van der Waals surface area contributed by atoms with E-state index in [0.717, 1.165) is 11.3 Å². The summed E-state index contributed by atoms with van der Waals surface area (Å²) in [5, 5.41) is 2.60. The van der Waals surface area contributed by atoms with Gasteiger partial charge in [0.15, 0.2) is 0 Å². The average Bonchev–Trinajstić information content (AvgIpc) is 2.20. The number of aryl methyl sites for hydroxylation is 1. The molecule has 0 bridgehead atoms. The normalized spacial score (nSPS) is 9.53. The summed E-state index contributed by atoms with van der Waals surface area (Å²) in [4.78, 5) is 11.2. The minimum atomic E-state index is -0.398. The fraction of sp³-hybridized carbons (Fsp3) is 0.182. The lowest BCUT2D eigenvalue weighted by molar-refractivity contribution is -0.112. The van der Waals surface area contributed by atoms with Crippen LogP contribution in [0.25, 0.3) is 0 Å². The molecule has 0 spiro atoms. The van der Waals surface area contributed by atoms with Gasteiger partial charge in [0.25, 0.3) is 5.91 Å². The number of methoxy groups -OCH3 is 1. The largest absolute Gasteiger partial charge is 0.497 e. The number of amides is 1. The van der Waals surface area contributed by atoms with Crippen LogP contribution < -0.4 is 10.1 Å². The third kappa shape index (κ3) is 2.99. The van der Waals surface area contributed by atoms with Crippen molar-refractivity contribution in [2.75, 3.05) is 12.4 Å². The number of hydrogen-bond donors (Lipinski definition) is 1. The quantitative estimate of drug-likeness (QED) is 0.804. The van der Waals surface area contributed by atoms with Crippen molar-refractivity contribution < 1.29 is 9.53 Å². The SMILES string of the molecule is C=C(Cl)C(=O)Nc1ccc(OC)cc1C. The monoisotopic (exact) mass is 225 g/mol. The number of carbonyl (C=O) groups excluding carboxylic acids is 1. The molecule has 4 heteroatoms. The fourth-order valence-electron chi connectivity index (χ4n) is 1.09. The molecule has 15 heavy (non-hydrogen) atoms. The number of nitrogens with one attached hydrogen (secondary N) is 1. The highest BCUT2D eigenvalue weighted by Crippen LogP contribution is 2.21. The van der Waals surface area contributed by atoms with Gasteiger partial charge in [-0.1, -0.05) is 18.2 Å². The zero-order chi connectivity index (χ0) is 11.4. The highest BCUT2D eigenvalue weighted by atomic mass is 35.5. The zero-order valence-electron chi connectivity index (χ0n) is 8.63. The summed E-state index contributed by atoms with van der Waals surface area (Å²) in [6.07, 6.45) is 0. The van der Waals surface area contributed by atoms with E-state index in [1.54, 1.807) is 19.2 Å². The van der Waals surface area contributed by atoms with Crippen LogP contribution in [0.1, 0.15) is 5.56 Å². The molecule has 0 saturated heterocycles. The number of hydrogen-bond acceptors (Lipinski definition) is 2. The summed E-state index contributed by atoms with van der Waals surface area (Å²) in [5.74, 6) is 0.347. The number of benzene rings is 1. The minimum absolute atomic E-state index is 0.0368. The summed E-state index contributed by atoms with van der Waals surface area (Å²) >= 11 is 5.46. The van der Waals surface area contributed by atoms with E-state index >= 15 is 0 Å². The summed E-state index contributed by atoms with van der Waals surface area (Å²) in [6.45, 7) is 5.21. The van der Waals surface area contributed by atoms with Crippen LogP contribution in [-0.2, 0) is 4.79 Å². The molecule has 0 unspecified atom stereocenters. The van der Waals surface area contributed by atoms with Gasteiger partial charge in [-0.3, -0.25) is 4.79 Å². The maximum atomic E-state index is 11.2. The predicted octanol–water partition coefficient (Wildman–Crippen LogP) is 2.69. The summed E-state index contributed by atoms with van der Waals surface area (Å²) in [5.41, 5.74) is 1.60. The van der Waals surface area contributed by atoms with Gasteiger partial charge in [-0.2, -0.15) is 0 Å². The molecule has 80 valence electrons. The highest BCUT2D eigenvalue weighted by molar-refractivity contribution is 6.43. The molecule has 0 aromatic heterocycles. The lowest BCUT2D eigenvalue weighted by Gasteiger charge is -2.08. The maximum Gasteiger partial charge on any atom is 0.266 e. The second kappa shape index (κ2) is 4.84. The maximum absolute atomic E-state index is 11.2. The molecule has 0 aliphatic carbocycles. The Morgan fingerprint density at radius 1 is 1.53 bits per heavy atom. The molecular formula is C11H12ClNO2. The van der Waals surface area contributed by atoms with Crippen molar-refractivity contribution in [2.45, 2.75) is 6.92 Å². The van der Waals surface area contributed by atoms with E-state index in [1.165, 1.54) is 0 Å². The van der Waals surface area contributed by atoms with Crippen molar-refractivity contribution in [1.82, 2.24) is 0 Å². The molecule has 0 aliphatic heterocycles. The molecule has 0 heterocycles. The van der Waals surface area contributed by atoms with E-state index in [2.05, 4.69) is 11.9 Å². The molecule has 1 aromatic carbocycles. The van der Waals surface area contributed by atoms with Crippen molar-refractivity contribution in [1.29, 1.82) is 0 Å². The van der Waals surface area contributed by atoms with E-state index in [-0.39, 0.29) is 5.03 Å². The third-order valence-electron chi connectivity index (χ3n) is 1.93. The number of halogens is 1. The second-order valence-electron chi connectivity index (χ2n) is 3.04. The molecule has 1 amide bonds. The molecule has 0 atom stereocenters. The summed E-state index contributed by atoms with van der Waals surface area (Å²) in [6, 6.07) is 5.35. The first-order valence-corrected chi connectivity index (χ1v) is 4.73. The van der Waals surface area contributed by atoms with Crippen LogP contribution in [-0.4, -0.2) is 13.0 Å². The Labute approximate surface area is 93.7 Å². The number of carbonyl (C=O) groups is 1. The van der Waals surface area contributed by atoms with E-state index in [0.29, 0.717) is 5.69 Å². The zero-order valence-corrected chi connectivity index (χ0v) is 9.39. The van der Waals surface area contributed by atoms with Gasteiger partial charge in [-0.05, 0) is 30.7 Å². The Hall–Kier alpha value is -1.48. The Bertz CT molecular complexity index is 402. The standard InChI is InChI=1S/C11H12ClNO2/c1-7-6-9(15-3)4-5-10(7)13-11(14)8(2)12/h4-6H,2H2,1,3H3,(H,13,14). The van der Waals surface area contributed by atoms with Gasteiger partial charge in [0.2, 0.25) is 0 Å². The second-order valence-corrected chi connectivity index (χ2v) is 3.50. The van der Waals surface area contributed by atoms with Crippen molar-refractivity contribution in [3.63, 3.8) is 0 Å². The van der Waals surface area contributed by atoms with Crippen LogP contribution in [0.5, 0.6) is 5.75 Å². The molecule has 0 aliphatic rings. The topological polar surface area (TPSA) is 38.3 Å². The highest BCUT2D eigenvalue weighted by Gasteiger charge is 2.06. The van der Waals surface area contributed by atoms with Crippen LogP contribution in [0.15, 0.2) is 29.8 Å². The number of ether oxygens (including phenoxy) is 1. The molecule has 1 rings (SSSR count). The lowest BCUT2D eigenvalue weighted by Crippen LogP contribution is -2.11. The molecule has 0 saturated carbocycles. The average molecular weight is 226 g/mol. The lowest BCUT2D eigenvalue weighted by atomic mass is 10.2. The molecule has 0 fully saturated rings. The van der Waals surface area contributed by atoms with E-state index in [1.807, 2.05) is 13.0 Å². The van der Waals surface area contributed by atoms with Crippen LogP contribution in [0.3, 0.4) is 0 Å². The van der Waals surface area contributed by atoms with Gasteiger partial charge in [-0.15, -0.1) is 0 Å². The van der Waals surface area contributed by atoms with E-state index in [9.17, 15) is 4.79 Å². The first-order chi connectivity index (χ1) is 7.04. The van der Waals surface area contributed by atoms with Crippen molar-refractivity contribution in [3.05, 3.63) is 35.4 Å². The number of anilines is 1. The van der Waals surface area contributed by atoms with Gasteiger partial charge in [-0.25, -0.2) is 0 Å².